The van der Waals surface area contributed by atoms with Crippen LogP contribution in [0, 0.1) is 0 Å². The predicted octanol–water partition coefficient (Wildman–Crippen LogP) is 4.03. The number of hydrogen-bond donors (Lipinski definition) is 4. The Morgan fingerprint density at radius 3 is 2.18 bits per heavy atom. The highest BCUT2D eigenvalue weighted by Crippen LogP contribution is 2.38. The number of nitrogens with two attached hydrogens (primary N) is 2. The maximum absolute atomic E-state index is 11.1. The molecule has 6 heteroatoms. The number of rotatable bonds is 3. The van der Waals surface area contributed by atoms with Gasteiger partial charge in [0.25, 0.3) is 0 Å². The highest BCUT2D eigenvalue weighted by molar-refractivity contribution is 7.97. The summed E-state index contributed by atoms with van der Waals surface area (Å²) in [5, 5.41) is 17.9. The normalized spacial score (nSPS) is 14.7. The highest BCUT2D eigenvalue weighted by atomic mass is 32.2. The predicted molar refractivity (Wildman–Crippen MR) is 115 cm³/mol. The molecular weight excluding hydrogens is 370 g/mol. The Bertz CT molecular complexity index is 843. The number of carbonyl (C=O) groups is 1. The van der Waals surface area contributed by atoms with E-state index >= 15 is 0 Å². The van der Waals surface area contributed by atoms with Crippen LogP contribution in [-0.2, 0) is 31.3 Å². The average Bonchev–Trinajstić information content (AvgIpc) is 3.30. The van der Waals surface area contributed by atoms with Gasteiger partial charge in [-0.1, -0.05) is 18.2 Å². The molecule has 0 radical (unpaired) electrons. The van der Waals surface area contributed by atoms with E-state index in [0.29, 0.717) is 0 Å². The van der Waals surface area contributed by atoms with E-state index in [0.717, 1.165) is 41.8 Å². The van der Waals surface area contributed by atoms with Crippen LogP contribution < -0.4 is 16.2 Å². The zero-order valence-corrected chi connectivity index (χ0v) is 17.4. The summed E-state index contributed by atoms with van der Waals surface area (Å²) in [4.78, 5) is 12.0. The summed E-state index contributed by atoms with van der Waals surface area (Å²) < 4.78 is 0. The number of benzene rings is 2. The van der Waals surface area contributed by atoms with Gasteiger partial charge in [-0.3, -0.25) is 5.14 Å². The molecule has 0 saturated carbocycles. The zero-order chi connectivity index (χ0) is 20.3. The Morgan fingerprint density at radius 2 is 1.68 bits per heavy atom. The summed E-state index contributed by atoms with van der Waals surface area (Å²) in [5.41, 5.74) is 11.9. The summed E-state index contributed by atoms with van der Waals surface area (Å²) in [6.45, 7) is 3.51. The lowest BCUT2D eigenvalue weighted by Crippen LogP contribution is -2.21. The minimum atomic E-state index is -0.786. The molecule has 0 fully saturated rings. The average molecular weight is 400 g/mol. The van der Waals surface area contributed by atoms with Gasteiger partial charge in [-0.15, -0.1) is 0 Å². The van der Waals surface area contributed by atoms with E-state index in [2.05, 4.69) is 11.4 Å². The third-order valence-corrected chi connectivity index (χ3v) is 5.92. The van der Waals surface area contributed by atoms with Crippen molar-refractivity contribution in [3.8, 4) is 0 Å². The van der Waals surface area contributed by atoms with Gasteiger partial charge < -0.3 is 16.2 Å². The van der Waals surface area contributed by atoms with Crippen molar-refractivity contribution in [2.75, 3.05) is 5.32 Å². The largest absolute Gasteiger partial charge is 0.386 e. The lowest BCUT2D eigenvalue weighted by Gasteiger charge is -2.17. The first-order valence-corrected chi connectivity index (χ1v) is 10.6. The monoisotopic (exact) mass is 399 g/mol. The Labute approximate surface area is 171 Å². The van der Waals surface area contributed by atoms with Crippen molar-refractivity contribution >= 4 is 23.7 Å². The molecule has 150 valence electrons. The minimum absolute atomic E-state index is 0.436. The van der Waals surface area contributed by atoms with Crippen molar-refractivity contribution in [1.82, 2.24) is 0 Å². The first-order valence-electron chi connectivity index (χ1n) is 9.72. The van der Waals surface area contributed by atoms with Gasteiger partial charge in [-0.05, 0) is 104 Å². The van der Waals surface area contributed by atoms with E-state index in [1.54, 1.807) is 13.8 Å². The van der Waals surface area contributed by atoms with Crippen LogP contribution in [0.2, 0.25) is 0 Å². The van der Waals surface area contributed by atoms with Crippen molar-refractivity contribution in [3.63, 3.8) is 0 Å². The second-order valence-electron chi connectivity index (χ2n) is 7.93. The molecule has 0 heterocycles. The van der Waals surface area contributed by atoms with E-state index in [-0.39, 0.29) is 0 Å². The number of anilines is 1. The van der Waals surface area contributed by atoms with Gasteiger partial charge >= 0.3 is 6.03 Å². The second-order valence-corrected chi connectivity index (χ2v) is 8.64. The molecule has 0 aromatic heterocycles. The summed E-state index contributed by atoms with van der Waals surface area (Å²) in [5.74, 6) is 0. The second kappa shape index (κ2) is 8.55. The third kappa shape index (κ3) is 4.69. The van der Waals surface area contributed by atoms with Gasteiger partial charge in [0.2, 0.25) is 0 Å². The lowest BCUT2D eigenvalue weighted by atomic mass is 9.99. The number of urea groups is 1. The van der Waals surface area contributed by atoms with Crippen molar-refractivity contribution < 1.29 is 9.90 Å². The fourth-order valence-corrected chi connectivity index (χ4v) is 4.39. The molecule has 2 amide bonds. The molecule has 4 rings (SSSR count). The Morgan fingerprint density at radius 1 is 1.07 bits per heavy atom. The van der Waals surface area contributed by atoms with Gasteiger partial charge in [0.1, 0.15) is 0 Å². The molecule has 5 nitrogen and oxygen atoms in total. The summed E-state index contributed by atoms with van der Waals surface area (Å²) in [7, 11) is 0. The first kappa shape index (κ1) is 20.7. The molecule has 0 saturated heterocycles. The number of nitrogens with one attached hydrogen (secondary N) is 1. The number of primary amides is 1. The topological polar surface area (TPSA) is 101 Å². The van der Waals surface area contributed by atoms with Crippen LogP contribution >= 0.6 is 11.9 Å². The van der Waals surface area contributed by atoms with Crippen LogP contribution in [0.5, 0.6) is 0 Å². The summed E-state index contributed by atoms with van der Waals surface area (Å²) in [6.07, 6.45) is 6.86. The Kier molecular flexibility index (Phi) is 6.33. The molecule has 0 atom stereocenters. The van der Waals surface area contributed by atoms with Crippen LogP contribution in [-0.4, -0.2) is 11.1 Å². The third-order valence-electron chi connectivity index (χ3n) is 5.40. The Hall–Kier alpha value is -2.02. The molecular formula is C22H29N3O2S. The number of fused-ring (bicyclic) bond motifs is 2. The number of carbonyl (C=O) groups excluding carboxylic acids is 1. The smallest absolute Gasteiger partial charge is 0.316 e. The van der Waals surface area contributed by atoms with Gasteiger partial charge in [-0.2, -0.15) is 0 Å². The lowest BCUT2D eigenvalue weighted by molar-refractivity contribution is 0.0784. The van der Waals surface area contributed by atoms with Crippen LogP contribution in [0.1, 0.15) is 54.5 Å². The standard InChI is InChI=1S/C13H16N2O.C9H13NOS/c14-13(16)15-12-10-5-1-3-8(10)7-9-4-2-6-11(9)12;1-9(2,11)7-4-3-5-8(6-7)12-10/h7H,1-6H2,(H3,14,15,16);3-6,11H,10H2,1-2H3. The molecule has 2 aliphatic carbocycles. The van der Waals surface area contributed by atoms with Gasteiger partial charge in [0.05, 0.1) is 5.60 Å². The van der Waals surface area contributed by atoms with Crippen LogP contribution in [0.3, 0.4) is 0 Å². The fourth-order valence-electron chi connectivity index (χ4n) is 4.04. The summed E-state index contributed by atoms with van der Waals surface area (Å²) in [6, 6.07) is 9.50. The van der Waals surface area contributed by atoms with E-state index < -0.39 is 11.6 Å². The van der Waals surface area contributed by atoms with E-state index in [9.17, 15) is 9.90 Å². The van der Waals surface area contributed by atoms with Gasteiger partial charge in [0.15, 0.2) is 0 Å². The zero-order valence-electron chi connectivity index (χ0n) is 16.5. The molecule has 0 unspecified atom stereocenters. The van der Waals surface area contributed by atoms with Crippen molar-refractivity contribution in [3.05, 3.63) is 58.1 Å². The molecule has 2 aromatic carbocycles. The SMILES string of the molecule is CC(C)(O)c1cccc(SN)c1.NC(=O)Nc1c2c(cc3c1CCC3)CCC2. The molecule has 0 aliphatic heterocycles. The van der Waals surface area contributed by atoms with E-state index in [4.69, 9.17) is 10.9 Å². The van der Waals surface area contributed by atoms with Crippen molar-refractivity contribution in [2.45, 2.75) is 62.9 Å². The van der Waals surface area contributed by atoms with Crippen LogP contribution in [0.4, 0.5) is 10.5 Å². The molecule has 28 heavy (non-hydrogen) atoms. The molecule has 0 bridgehead atoms. The van der Waals surface area contributed by atoms with Crippen LogP contribution in [0.25, 0.3) is 0 Å². The van der Waals surface area contributed by atoms with E-state index in [1.807, 2.05) is 24.3 Å². The number of hydrogen-bond acceptors (Lipinski definition) is 4. The number of aliphatic hydroxyl groups is 1. The first-order chi connectivity index (χ1) is 13.3. The molecule has 2 aromatic rings. The highest BCUT2D eigenvalue weighted by Gasteiger charge is 2.24. The maximum atomic E-state index is 11.1. The molecule has 0 spiro atoms. The number of amides is 2. The van der Waals surface area contributed by atoms with Crippen LogP contribution in [0.15, 0.2) is 35.2 Å². The molecule has 6 N–H and O–H groups in total. The minimum Gasteiger partial charge on any atom is -0.386 e. The van der Waals surface area contributed by atoms with Crippen molar-refractivity contribution in [2.24, 2.45) is 10.9 Å². The van der Waals surface area contributed by atoms with E-state index in [1.165, 1.54) is 47.0 Å². The quantitative estimate of drug-likeness (QED) is 0.585. The number of aryl methyl sites for hydroxylation is 2. The van der Waals surface area contributed by atoms with Crippen molar-refractivity contribution in [1.29, 1.82) is 0 Å². The maximum Gasteiger partial charge on any atom is 0.316 e. The molecule has 2 aliphatic rings. The Balaban J connectivity index is 0.000000169. The fraction of sp³-hybridized carbons (Fsp3) is 0.409. The van der Waals surface area contributed by atoms with Gasteiger partial charge in [-0.25, -0.2) is 4.79 Å². The summed E-state index contributed by atoms with van der Waals surface area (Å²) >= 11 is 1.19. The van der Waals surface area contributed by atoms with Gasteiger partial charge in [0, 0.05) is 10.6 Å².